The van der Waals surface area contributed by atoms with E-state index in [-0.39, 0.29) is 5.69 Å². The van der Waals surface area contributed by atoms with Gasteiger partial charge < -0.3 is 15.0 Å². The van der Waals surface area contributed by atoms with E-state index in [2.05, 4.69) is 5.32 Å². The van der Waals surface area contributed by atoms with Gasteiger partial charge in [0.2, 0.25) is 0 Å². The summed E-state index contributed by atoms with van der Waals surface area (Å²) in [7, 11) is 3.45. The van der Waals surface area contributed by atoms with Crippen LogP contribution >= 0.6 is 0 Å². The minimum atomic E-state index is -1.61. The summed E-state index contributed by atoms with van der Waals surface area (Å²) in [5, 5.41) is 4.43. The van der Waals surface area contributed by atoms with Crippen molar-refractivity contribution in [2.75, 3.05) is 19.5 Å². The van der Waals surface area contributed by atoms with Gasteiger partial charge in [-0.05, 0) is 48.0 Å². The number of rotatable bonds is 6. The van der Waals surface area contributed by atoms with E-state index >= 15 is 0 Å². The Morgan fingerprint density at radius 3 is 2.45 bits per heavy atom. The summed E-state index contributed by atoms with van der Waals surface area (Å²) in [6.07, 6.45) is 0. The lowest BCUT2D eigenvalue weighted by Crippen LogP contribution is -3.12. The van der Waals surface area contributed by atoms with Crippen molar-refractivity contribution in [3.8, 4) is 5.75 Å². The Morgan fingerprint density at radius 2 is 1.72 bits per heavy atom. The van der Waals surface area contributed by atoms with Gasteiger partial charge in [-0.3, -0.25) is 4.79 Å². The van der Waals surface area contributed by atoms with E-state index < -0.39 is 29.4 Å². The van der Waals surface area contributed by atoms with Crippen LogP contribution in [0.25, 0.3) is 10.8 Å². The quantitative estimate of drug-likeness (QED) is 0.621. The maximum Gasteiger partial charge on any atom is 0.282 e. The Bertz CT molecular complexity index is 1060. The normalized spacial score (nSPS) is 13.2. The molecule has 1 amide bonds. The van der Waals surface area contributed by atoms with Gasteiger partial charge in [0, 0.05) is 5.56 Å². The van der Waals surface area contributed by atoms with Crippen LogP contribution in [-0.2, 0) is 11.3 Å². The molecule has 3 aromatic rings. The zero-order chi connectivity index (χ0) is 21.1. The number of nitrogens with one attached hydrogen (secondary N) is 2. The Labute approximate surface area is 166 Å². The van der Waals surface area contributed by atoms with Crippen molar-refractivity contribution >= 4 is 22.4 Å². The minimum absolute atomic E-state index is 0.381. The molecule has 3 aromatic carbocycles. The molecule has 2 N–H and O–H groups in total. The molecule has 29 heavy (non-hydrogen) atoms. The Kier molecular flexibility index (Phi) is 6.08. The van der Waals surface area contributed by atoms with Crippen LogP contribution in [0, 0.1) is 17.5 Å². The van der Waals surface area contributed by atoms with Gasteiger partial charge in [-0.25, -0.2) is 13.2 Å². The van der Waals surface area contributed by atoms with E-state index in [0.717, 1.165) is 39.1 Å². The van der Waals surface area contributed by atoms with E-state index in [4.69, 9.17) is 4.74 Å². The number of anilines is 1. The standard InChI is InChI=1S/C22H21F3N2O2/c1-13(22(28)26-19-9-8-18(23)20(24)21(19)25)27(2)12-14-4-5-16-11-17(29-3)7-6-15(16)10-14/h4-11,13H,12H2,1-3H3,(H,26,28)/p+1/t13-/m0/s1. The Morgan fingerprint density at radius 1 is 1.03 bits per heavy atom. The van der Waals surface area contributed by atoms with E-state index in [0.29, 0.717) is 6.54 Å². The predicted molar refractivity (Wildman–Crippen MR) is 105 cm³/mol. The van der Waals surface area contributed by atoms with Gasteiger partial charge in [0.1, 0.15) is 12.3 Å². The summed E-state index contributed by atoms with van der Waals surface area (Å²) in [6.45, 7) is 2.24. The average molecular weight is 403 g/mol. The highest BCUT2D eigenvalue weighted by Crippen LogP contribution is 2.22. The summed E-state index contributed by atoms with van der Waals surface area (Å²) >= 11 is 0. The molecule has 0 aliphatic rings. The third-order valence-corrected chi connectivity index (χ3v) is 5.02. The molecule has 4 nitrogen and oxygen atoms in total. The molecule has 0 heterocycles. The molecule has 1 unspecified atom stereocenters. The fraction of sp³-hybridized carbons (Fsp3) is 0.227. The highest BCUT2D eigenvalue weighted by atomic mass is 19.2. The molecule has 152 valence electrons. The summed E-state index contributed by atoms with van der Waals surface area (Å²) in [5.41, 5.74) is 0.645. The van der Waals surface area contributed by atoms with Crippen molar-refractivity contribution in [1.29, 1.82) is 0 Å². The molecule has 3 rings (SSSR count). The van der Waals surface area contributed by atoms with Crippen molar-refractivity contribution < 1.29 is 27.6 Å². The first-order chi connectivity index (χ1) is 13.8. The van der Waals surface area contributed by atoms with Crippen molar-refractivity contribution in [1.82, 2.24) is 0 Å². The highest BCUT2D eigenvalue weighted by Gasteiger charge is 2.24. The number of quaternary nitrogens is 1. The number of likely N-dealkylation sites (N-methyl/N-ethyl adjacent to an activating group) is 1. The molecular formula is C22H22F3N2O2+. The van der Waals surface area contributed by atoms with Gasteiger partial charge in [0.05, 0.1) is 19.8 Å². The number of methoxy groups -OCH3 is 1. The van der Waals surface area contributed by atoms with E-state index in [1.165, 1.54) is 0 Å². The maximum atomic E-state index is 13.8. The zero-order valence-electron chi connectivity index (χ0n) is 16.4. The topological polar surface area (TPSA) is 42.8 Å². The number of carbonyl (C=O) groups is 1. The molecule has 0 fully saturated rings. The fourth-order valence-electron chi connectivity index (χ4n) is 3.07. The molecule has 0 aliphatic heterocycles. The molecule has 0 bridgehead atoms. The van der Waals surface area contributed by atoms with Crippen LogP contribution in [-0.4, -0.2) is 26.1 Å². The van der Waals surface area contributed by atoms with Gasteiger partial charge >= 0.3 is 0 Å². The third-order valence-electron chi connectivity index (χ3n) is 5.02. The van der Waals surface area contributed by atoms with Crippen LogP contribution in [0.3, 0.4) is 0 Å². The molecule has 0 saturated heterocycles. The number of carbonyl (C=O) groups excluding carboxylic acids is 1. The van der Waals surface area contributed by atoms with Crippen LogP contribution in [0.1, 0.15) is 12.5 Å². The molecular weight excluding hydrogens is 381 g/mol. The largest absolute Gasteiger partial charge is 0.497 e. The second-order valence-electron chi connectivity index (χ2n) is 7.00. The number of hydrogen-bond acceptors (Lipinski definition) is 2. The van der Waals surface area contributed by atoms with Crippen LogP contribution in [0.4, 0.5) is 18.9 Å². The first kappa shape index (κ1) is 20.7. The third kappa shape index (κ3) is 4.51. The number of benzene rings is 3. The lowest BCUT2D eigenvalue weighted by Gasteiger charge is -2.21. The van der Waals surface area contributed by atoms with Gasteiger partial charge in [0.25, 0.3) is 5.91 Å². The summed E-state index contributed by atoms with van der Waals surface area (Å²) in [5.74, 6) is -4.02. The first-order valence-electron chi connectivity index (χ1n) is 9.13. The lowest BCUT2D eigenvalue weighted by molar-refractivity contribution is -0.907. The molecule has 0 spiro atoms. The van der Waals surface area contributed by atoms with Gasteiger partial charge in [-0.1, -0.05) is 18.2 Å². The lowest BCUT2D eigenvalue weighted by atomic mass is 10.1. The highest BCUT2D eigenvalue weighted by molar-refractivity contribution is 5.93. The molecule has 0 aliphatic carbocycles. The van der Waals surface area contributed by atoms with Crippen LogP contribution in [0.2, 0.25) is 0 Å². The summed E-state index contributed by atoms with van der Waals surface area (Å²) < 4.78 is 45.4. The van der Waals surface area contributed by atoms with Gasteiger partial charge in [-0.2, -0.15) is 0 Å². The van der Waals surface area contributed by atoms with Crippen LogP contribution in [0.5, 0.6) is 5.75 Å². The van der Waals surface area contributed by atoms with E-state index in [9.17, 15) is 18.0 Å². The second-order valence-corrected chi connectivity index (χ2v) is 7.00. The molecule has 7 heteroatoms. The summed E-state index contributed by atoms with van der Waals surface area (Å²) in [6, 6.07) is 13.0. The van der Waals surface area contributed by atoms with Gasteiger partial charge in [-0.15, -0.1) is 0 Å². The predicted octanol–water partition coefficient (Wildman–Crippen LogP) is 3.31. The Hall–Kier alpha value is -3.06. The van der Waals surface area contributed by atoms with Crippen molar-refractivity contribution in [3.05, 3.63) is 71.5 Å². The number of hydrogen-bond donors (Lipinski definition) is 2. The van der Waals surface area contributed by atoms with Gasteiger partial charge in [0.15, 0.2) is 23.5 Å². The zero-order valence-corrected chi connectivity index (χ0v) is 16.4. The van der Waals surface area contributed by atoms with E-state index in [1.54, 1.807) is 14.0 Å². The monoisotopic (exact) mass is 403 g/mol. The molecule has 2 atom stereocenters. The maximum absolute atomic E-state index is 13.8. The fourth-order valence-corrected chi connectivity index (χ4v) is 3.07. The molecule has 0 radical (unpaired) electrons. The number of halogens is 3. The number of amides is 1. The van der Waals surface area contributed by atoms with Crippen LogP contribution in [0.15, 0.2) is 48.5 Å². The minimum Gasteiger partial charge on any atom is -0.497 e. The SMILES string of the molecule is COc1ccc2cc(C[NH+](C)[C@@H](C)C(=O)Nc3ccc(F)c(F)c3F)ccc2c1. The first-order valence-corrected chi connectivity index (χ1v) is 9.13. The van der Waals surface area contributed by atoms with Crippen molar-refractivity contribution in [3.63, 3.8) is 0 Å². The molecule has 0 saturated carbocycles. The smallest absolute Gasteiger partial charge is 0.282 e. The molecule has 0 aromatic heterocycles. The van der Waals surface area contributed by atoms with Crippen molar-refractivity contribution in [2.24, 2.45) is 0 Å². The Balaban J connectivity index is 1.69. The average Bonchev–Trinajstić information content (AvgIpc) is 2.73. The van der Waals surface area contributed by atoms with Crippen molar-refractivity contribution in [2.45, 2.75) is 19.5 Å². The van der Waals surface area contributed by atoms with Crippen LogP contribution < -0.4 is 15.0 Å². The van der Waals surface area contributed by atoms with E-state index in [1.807, 2.05) is 43.4 Å². The summed E-state index contributed by atoms with van der Waals surface area (Å²) in [4.78, 5) is 13.3. The number of fused-ring (bicyclic) bond motifs is 1. The second kappa shape index (κ2) is 8.53. The number of ether oxygens (including phenoxy) is 1.